The molecule has 5 nitrogen and oxygen atoms in total. The maximum absolute atomic E-state index is 13.7. The Balaban J connectivity index is 1.65. The Hall–Kier alpha value is -4.25. The number of anilines is 1. The third-order valence-electron chi connectivity index (χ3n) is 6.45. The molecule has 0 N–H and O–H groups in total. The number of hydrogen-bond donors (Lipinski definition) is 0. The van der Waals surface area contributed by atoms with Gasteiger partial charge in [-0.15, -0.1) is 0 Å². The predicted molar refractivity (Wildman–Crippen MR) is 134 cm³/mol. The lowest BCUT2D eigenvalue weighted by Gasteiger charge is -2.23. The third kappa shape index (κ3) is 3.55. The fraction of sp³-hybridized carbons (Fsp3) is 0.138. The van der Waals surface area contributed by atoms with Crippen molar-refractivity contribution in [3.63, 3.8) is 0 Å². The summed E-state index contributed by atoms with van der Waals surface area (Å²) in [5.74, 6) is -0.400. The Morgan fingerprint density at radius 1 is 0.971 bits per heavy atom. The molecule has 168 valence electrons. The van der Waals surface area contributed by atoms with E-state index in [4.69, 9.17) is 4.42 Å². The number of allylic oxidation sites excluding steroid dienone is 4. The summed E-state index contributed by atoms with van der Waals surface area (Å²) in [6.07, 6.45) is 7.35. The number of ketones is 1. The van der Waals surface area contributed by atoms with Crippen LogP contribution >= 0.6 is 0 Å². The van der Waals surface area contributed by atoms with Crippen molar-refractivity contribution in [3.8, 4) is 0 Å². The molecule has 1 aliphatic heterocycles. The van der Waals surface area contributed by atoms with Crippen LogP contribution in [0.25, 0.3) is 16.7 Å². The average molecular weight is 450 g/mol. The number of likely N-dealkylation sites (N-methyl/N-ethyl adjacent to an activating group) is 1. The normalized spacial score (nSPS) is 16.1. The smallest absolute Gasteiger partial charge is 0.347 e. The number of carbonyl (C=O) groups is 1. The van der Waals surface area contributed by atoms with Crippen molar-refractivity contribution < 1.29 is 13.8 Å². The lowest BCUT2D eigenvalue weighted by molar-refractivity contribution is -0.576. The summed E-state index contributed by atoms with van der Waals surface area (Å²) in [4.78, 5) is 28.6. The Morgan fingerprint density at radius 3 is 2.44 bits per heavy atom. The average Bonchev–Trinajstić information content (AvgIpc) is 3.04. The van der Waals surface area contributed by atoms with Gasteiger partial charge in [0.05, 0.1) is 0 Å². The van der Waals surface area contributed by atoms with Crippen molar-refractivity contribution in [1.29, 1.82) is 0 Å². The fourth-order valence-electron chi connectivity index (χ4n) is 4.66. The van der Waals surface area contributed by atoms with Gasteiger partial charge in [-0.2, -0.15) is 4.57 Å². The van der Waals surface area contributed by atoms with E-state index in [0.29, 0.717) is 16.7 Å². The van der Waals surface area contributed by atoms with E-state index in [0.717, 1.165) is 11.4 Å². The van der Waals surface area contributed by atoms with Gasteiger partial charge in [-0.25, -0.2) is 4.79 Å². The van der Waals surface area contributed by atoms with Crippen molar-refractivity contribution in [1.82, 2.24) is 0 Å². The summed E-state index contributed by atoms with van der Waals surface area (Å²) in [7, 11) is 2.03. The standard InChI is InChI=1S/C29H25N2O3/c1-29(2)22-12-6-7-13-23(22)30(3)26(29)16-15-24(31-17-9-4-10-18-31)27(32)21-19-20-11-5-8-14-25(20)34-28(21)33/h4-19H,1-3H3/q+1/b24-15-,26-16-. The Morgan fingerprint density at radius 2 is 1.68 bits per heavy atom. The second-order valence-corrected chi connectivity index (χ2v) is 8.90. The molecule has 3 heterocycles. The number of para-hydroxylation sites is 2. The highest BCUT2D eigenvalue weighted by Crippen LogP contribution is 2.46. The molecular weight excluding hydrogens is 424 g/mol. The molecule has 34 heavy (non-hydrogen) atoms. The number of nitrogens with zero attached hydrogens (tertiary/aromatic N) is 2. The highest BCUT2D eigenvalue weighted by atomic mass is 16.4. The molecule has 0 saturated heterocycles. The van der Waals surface area contributed by atoms with Crippen LogP contribution in [-0.2, 0) is 5.41 Å². The maximum atomic E-state index is 13.7. The minimum absolute atomic E-state index is 0.00188. The van der Waals surface area contributed by atoms with Gasteiger partial charge >= 0.3 is 5.63 Å². The molecule has 0 amide bonds. The van der Waals surface area contributed by atoms with Gasteiger partial charge in [0.1, 0.15) is 11.1 Å². The van der Waals surface area contributed by atoms with Crippen LogP contribution < -0.4 is 15.1 Å². The molecule has 5 rings (SSSR count). The van der Waals surface area contributed by atoms with Crippen LogP contribution in [-0.4, -0.2) is 12.8 Å². The second kappa shape index (κ2) is 8.27. The molecule has 2 aromatic heterocycles. The maximum Gasteiger partial charge on any atom is 0.347 e. The molecule has 0 bridgehead atoms. The summed E-state index contributed by atoms with van der Waals surface area (Å²) in [6.45, 7) is 4.34. The molecule has 0 unspecified atom stereocenters. The van der Waals surface area contributed by atoms with E-state index in [9.17, 15) is 9.59 Å². The van der Waals surface area contributed by atoms with Crippen LogP contribution in [0, 0.1) is 0 Å². The number of Topliss-reactive ketones (excluding diaryl/α,β-unsaturated/α-hetero) is 1. The molecule has 1 aliphatic rings. The third-order valence-corrected chi connectivity index (χ3v) is 6.45. The van der Waals surface area contributed by atoms with Gasteiger partial charge < -0.3 is 9.32 Å². The summed E-state index contributed by atoms with van der Waals surface area (Å²) >= 11 is 0. The molecular formula is C29H25N2O3+. The summed E-state index contributed by atoms with van der Waals surface area (Å²) < 4.78 is 7.16. The minimum Gasteiger partial charge on any atom is -0.422 e. The van der Waals surface area contributed by atoms with E-state index >= 15 is 0 Å². The van der Waals surface area contributed by atoms with Gasteiger partial charge in [0.2, 0.25) is 0 Å². The van der Waals surface area contributed by atoms with Crippen LogP contribution in [0.15, 0.2) is 112 Å². The fourth-order valence-corrected chi connectivity index (χ4v) is 4.66. The van der Waals surface area contributed by atoms with Crippen LogP contribution in [0.3, 0.4) is 0 Å². The van der Waals surface area contributed by atoms with Gasteiger partial charge in [-0.3, -0.25) is 4.79 Å². The molecule has 4 aromatic rings. The number of benzene rings is 2. The van der Waals surface area contributed by atoms with E-state index < -0.39 is 11.4 Å². The van der Waals surface area contributed by atoms with Crippen LogP contribution in [0.1, 0.15) is 29.8 Å². The van der Waals surface area contributed by atoms with Crippen molar-refractivity contribution in [3.05, 3.63) is 125 Å². The summed E-state index contributed by atoms with van der Waals surface area (Å²) in [6, 6.07) is 22.7. The number of aromatic nitrogens is 1. The van der Waals surface area contributed by atoms with Gasteiger partial charge in [-0.1, -0.05) is 56.3 Å². The van der Waals surface area contributed by atoms with Crippen molar-refractivity contribution >= 4 is 28.1 Å². The first-order chi connectivity index (χ1) is 16.4. The van der Waals surface area contributed by atoms with Crippen molar-refractivity contribution in [2.24, 2.45) is 0 Å². The first-order valence-electron chi connectivity index (χ1n) is 11.2. The first kappa shape index (κ1) is 21.6. The Labute approximate surface area is 197 Å². The number of rotatable bonds is 4. The van der Waals surface area contributed by atoms with Crippen molar-refractivity contribution in [2.45, 2.75) is 19.3 Å². The molecule has 0 fully saturated rings. The largest absolute Gasteiger partial charge is 0.422 e. The van der Waals surface area contributed by atoms with Gasteiger partial charge in [0.25, 0.3) is 11.5 Å². The van der Waals surface area contributed by atoms with Crippen LogP contribution in [0.4, 0.5) is 5.69 Å². The van der Waals surface area contributed by atoms with Gasteiger partial charge in [-0.05, 0) is 29.8 Å². The zero-order valence-corrected chi connectivity index (χ0v) is 19.4. The number of pyridine rings is 1. The quantitative estimate of drug-likeness (QED) is 0.188. The van der Waals surface area contributed by atoms with Crippen molar-refractivity contribution in [2.75, 3.05) is 11.9 Å². The molecule has 0 saturated carbocycles. The van der Waals surface area contributed by atoms with Gasteiger partial charge in [0, 0.05) is 47.4 Å². The summed E-state index contributed by atoms with van der Waals surface area (Å²) in [5.41, 5.74) is 3.36. The van der Waals surface area contributed by atoms with E-state index in [2.05, 4.69) is 30.9 Å². The molecule has 5 heteroatoms. The molecule has 2 aromatic carbocycles. The minimum atomic E-state index is -0.649. The number of fused-ring (bicyclic) bond motifs is 2. The zero-order chi connectivity index (χ0) is 23.9. The monoisotopic (exact) mass is 449 g/mol. The predicted octanol–water partition coefficient (Wildman–Crippen LogP) is 5.12. The highest BCUT2D eigenvalue weighted by molar-refractivity contribution is 6.22. The summed E-state index contributed by atoms with van der Waals surface area (Å²) in [5, 5.41) is 0.702. The number of hydrogen-bond acceptors (Lipinski definition) is 4. The topological polar surface area (TPSA) is 54.4 Å². The Kier molecular flexibility index (Phi) is 5.25. The lowest BCUT2D eigenvalue weighted by Crippen LogP contribution is -2.36. The first-order valence-corrected chi connectivity index (χ1v) is 11.2. The van der Waals surface area contributed by atoms with E-state index in [1.54, 1.807) is 41.2 Å². The second-order valence-electron chi connectivity index (χ2n) is 8.90. The van der Waals surface area contributed by atoms with E-state index in [1.165, 1.54) is 5.56 Å². The Bertz CT molecular complexity index is 1530. The molecule has 0 radical (unpaired) electrons. The molecule has 0 atom stereocenters. The molecule has 0 spiro atoms. The highest BCUT2D eigenvalue weighted by Gasteiger charge is 2.38. The number of carbonyl (C=O) groups excluding carboxylic acids is 1. The van der Waals surface area contributed by atoms with Gasteiger partial charge in [0.15, 0.2) is 12.4 Å². The molecule has 0 aliphatic carbocycles. The zero-order valence-electron chi connectivity index (χ0n) is 19.4. The van der Waals surface area contributed by atoms with Crippen LogP contribution in [0.5, 0.6) is 0 Å². The van der Waals surface area contributed by atoms with E-state index in [1.807, 2.05) is 55.6 Å². The SMILES string of the molecule is CN1/C(=C\C=C(\C(=O)c2cc3ccccc3oc2=O)[n+]2ccccc2)C(C)(C)c2ccccc21. The van der Waals surface area contributed by atoms with Crippen LogP contribution in [0.2, 0.25) is 0 Å². The lowest BCUT2D eigenvalue weighted by atomic mass is 9.83. The van der Waals surface area contributed by atoms with E-state index in [-0.39, 0.29) is 11.0 Å².